The molecule has 0 aromatic rings. The summed E-state index contributed by atoms with van der Waals surface area (Å²) in [5.74, 6) is -1.09. The molecule has 0 saturated carbocycles. The fraction of sp³-hybridized carbons (Fsp3) is 0.667. The van der Waals surface area contributed by atoms with Gasteiger partial charge in [-0.05, 0) is 6.92 Å². The van der Waals surface area contributed by atoms with E-state index in [1.165, 1.54) is 0 Å². The van der Waals surface area contributed by atoms with E-state index in [4.69, 9.17) is 5.11 Å². The van der Waals surface area contributed by atoms with Crippen molar-refractivity contribution in [1.82, 2.24) is 10.6 Å². The maximum atomic E-state index is 10.7. The topological polar surface area (TPSA) is 78.4 Å². The van der Waals surface area contributed by atoms with Crippen LogP contribution in [0.5, 0.6) is 0 Å². The van der Waals surface area contributed by atoms with Crippen LogP contribution >= 0.6 is 0 Å². The summed E-state index contributed by atoms with van der Waals surface area (Å²) in [6.45, 7) is 1.74. The number of carboxylic acids is 1. The van der Waals surface area contributed by atoms with Gasteiger partial charge in [0.05, 0.1) is 12.6 Å². The molecule has 5 nitrogen and oxygen atoms in total. The molecule has 0 aliphatic carbocycles. The highest BCUT2D eigenvalue weighted by atomic mass is 16.4. The van der Waals surface area contributed by atoms with E-state index in [2.05, 4.69) is 10.6 Å². The van der Waals surface area contributed by atoms with Crippen LogP contribution in [-0.4, -0.2) is 35.6 Å². The minimum absolute atomic E-state index is 0.0846. The van der Waals surface area contributed by atoms with E-state index in [9.17, 15) is 9.59 Å². The number of hydrogen-bond acceptors (Lipinski definition) is 3. The molecule has 1 aliphatic rings. The lowest BCUT2D eigenvalue weighted by molar-refractivity contribution is -0.141. The first-order valence-electron chi connectivity index (χ1n) is 3.37. The first-order chi connectivity index (χ1) is 5.11. The summed E-state index contributed by atoms with van der Waals surface area (Å²) >= 11 is 0. The van der Waals surface area contributed by atoms with Crippen LogP contribution in [0.1, 0.15) is 6.92 Å². The van der Waals surface area contributed by atoms with Crippen molar-refractivity contribution in [2.24, 2.45) is 0 Å². The fourth-order valence-corrected chi connectivity index (χ4v) is 1.07. The molecule has 0 spiro atoms. The van der Waals surface area contributed by atoms with Crippen molar-refractivity contribution in [3.63, 3.8) is 0 Å². The quantitative estimate of drug-likeness (QED) is 0.436. The molecule has 1 heterocycles. The Morgan fingerprint density at radius 1 is 1.73 bits per heavy atom. The van der Waals surface area contributed by atoms with Gasteiger partial charge >= 0.3 is 5.97 Å². The van der Waals surface area contributed by atoms with Crippen molar-refractivity contribution in [2.75, 3.05) is 6.54 Å². The number of hydrogen-bond donors (Lipinski definition) is 3. The SMILES string of the molecule is CC1NC(=O)CNC1C(=O)O. The van der Waals surface area contributed by atoms with E-state index >= 15 is 0 Å². The number of rotatable bonds is 1. The maximum absolute atomic E-state index is 10.7. The second-order valence-electron chi connectivity index (χ2n) is 2.55. The number of amides is 1. The Bertz CT molecular complexity index is 192. The van der Waals surface area contributed by atoms with Gasteiger partial charge in [0.1, 0.15) is 6.04 Å². The molecular formula is C6H10N2O3. The Hall–Kier alpha value is -1.10. The number of carboxylic acid groups (broad SMARTS) is 1. The van der Waals surface area contributed by atoms with Crippen molar-refractivity contribution < 1.29 is 14.7 Å². The largest absolute Gasteiger partial charge is 0.480 e. The third-order valence-electron chi connectivity index (χ3n) is 1.64. The lowest BCUT2D eigenvalue weighted by Gasteiger charge is -2.27. The van der Waals surface area contributed by atoms with E-state index in [0.717, 1.165) is 0 Å². The lowest BCUT2D eigenvalue weighted by Crippen LogP contribution is -2.60. The molecule has 1 aliphatic heterocycles. The van der Waals surface area contributed by atoms with Gasteiger partial charge in [-0.15, -0.1) is 0 Å². The van der Waals surface area contributed by atoms with Gasteiger partial charge in [0.2, 0.25) is 5.91 Å². The predicted molar refractivity (Wildman–Crippen MR) is 37.0 cm³/mol. The minimum atomic E-state index is -0.933. The maximum Gasteiger partial charge on any atom is 0.322 e. The number of piperazine rings is 1. The first kappa shape index (κ1) is 8.00. The highest BCUT2D eigenvalue weighted by Gasteiger charge is 2.29. The second kappa shape index (κ2) is 2.87. The summed E-state index contributed by atoms with van der Waals surface area (Å²) in [6, 6.07) is -0.999. The van der Waals surface area contributed by atoms with Gasteiger partial charge in [0.15, 0.2) is 0 Å². The molecule has 0 bridgehead atoms. The Balaban J connectivity index is 2.57. The van der Waals surface area contributed by atoms with Crippen molar-refractivity contribution in [2.45, 2.75) is 19.0 Å². The molecule has 62 valence electrons. The summed E-state index contributed by atoms with van der Waals surface area (Å²) in [4.78, 5) is 21.1. The van der Waals surface area contributed by atoms with Crippen molar-refractivity contribution in [3.8, 4) is 0 Å². The molecule has 0 aromatic heterocycles. The molecule has 11 heavy (non-hydrogen) atoms. The molecule has 2 atom stereocenters. The molecule has 2 unspecified atom stereocenters. The van der Waals surface area contributed by atoms with Gasteiger partial charge in [0, 0.05) is 0 Å². The van der Waals surface area contributed by atoms with E-state index in [1.807, 2.05) is 0 Å². The Morgan fingerprint density at radius 3 is 2.82 bits per heavy atom. The molecule has 1 rings (SSSR count). The van der Waals surface area contributed by atoms with Crippen LogP contribution in [0.3, 0.4) is 0 Å². The average molecular weight is 158 g/mol. The zero-order chi connectivity index (χ0) is 8.43. The summed E-state index contributed by atoms with van der Waals surface area (Å²) in [5.41, 5.74) is 0. The van der Waals surface area contributed by atoms with Crippen LogP contribution in [0.15, 0.2) is 0 Å². The lowest BCUT2D eigenvalue weighted by atomic mass is 10.1. The van der Waals surface area contributed by atoms with E-state index in [-0.39, 0.29) is 18.5 Å². The molecule has 0 aromatic carbocycles. The molecule has 1 fully saturated rings. The fourth-order valence-electron chi connectivity index (χ4n) is 1.07. The van der Waals surface area contributed by atoms with Crippen LogP contribution in [0.4, 0.5) is 0 Å². The van der Waals surface area contributed by atoms with Gasteiger partial charge in [-0.25, -0.2) is 0 Å². The third kappa shape index (κ3) is 1.68. The highest BCUT2D eigenvalue weighted by molar-refractivity contribution is 5.83. The molecule has 3 N–H and O–H groups in total. The number of carbonyl (C=O) groups is 2. The van der Waals surface area contributed by atoms with Crippen molar-refractivity contribution >= 4 is 11.9 Å². The van der Waals surface area contributed by atoms with Gasteiger partial charge in [0.25, 0.3) is 0 Å². The van der Waals surface area contributed by atoms with Gasteiger partial charge in [-0.2, -0.15) is 0 Å². The summed E-state index contributed by atoms with van der Waals surface area (Å²) < 4.78 is 0. The monoisotopic (exact) mass is 158 g/mol. The Kier molecular flexibility index (Phi) is 2.09. The van der Waals surface area contributed by atoms with Crippen LogP contribution < -0.4 is 10.6 Å². The van der Waals surface area contributed by atoms with Crippen LogP contribution in [0, 0.1) is 0 Å². The van der Waals surface area contributed by atoms with Crippen LogP contribution in [-0.2, 0) is 9.59 Å². The molecular weight excluding hydrogens is 148 g/mol. The average Bonchev–Trinajstić information content (AvgIpc) is 1.85. The van der Waals surface area contributed by atoms with Crippen LogP contribution in [0.2, 0.25) is 0 Å². The smallest absolute Gasteiger partial charge is 0.322 e. The minimum Gasteiger partial charge on any atom is -0.480 e. The van der Waals surface area contributed by atoms with Crippen molar-refractivity contribution in [1.29, 1.82) is 0 Å². The van der Waals surface area contributed by atoms with E-state index in [1.54, 1.807) is 6.92 Å². The molecule has 1 saturated heterocycles. The van der Waals surface area contributed by atoms with Crippen LogP contribution in [0.25, 0.3) is 0 Å². The molecule has 5 heteroatoms. The van der Waals surface area contributed by atoms with Gasteiger partial charge < -0.3 is 10.4 Å². The van der Waals surface area contributed by atoms with Crippen molar-refractivity contribution in [3.05, 3.63) is 0 Å². The second-order valence-corrected chi connectivity index (χ2v) is 2.55. The summed E-state index contributed by atoms with van der Waals surface area (Å²) in [5, 5.41) is 13.7. The zero-order valence-electron chi connectivity index (χ0n) is 6.13. The van der Waals surface area contributed by atoms with E-state index < -0.39 is 12.0 Å². The normalized spacial score (nSPS) is 31.2. The first-order valence-corrected chi connectivity index (χ1v) is 3.37. The number of carbonyl (C=O) groups excluding carboxylic acids is 1. The Morgan fingerprint density at radius 2 is 2.36 bits per heavy atom. The van der Waals surface area contributed by atoms with Gasteiger partial charge in [-0.3, -0.25) is 14.9 Å². The third-order valence-corrected chi connectivity index (χ3v) is 1.64. The molecule has 1 amide bonds. The number of nitrogens with one attached hydrogen (secondary N) is 2. The highest BCUT2D eigenvalue weighted by Crippen LogP contribution is 1.97. The zero-order valence-corrected chi connectivity index (χ0v) is 6.13. The number of aliphatic carboxylic acids is 1. The van der Waals surface area contributed by atoms with E-state index in [0.29, 0.717) is 0 Å². The Labute approximate surface area is 63.8 Å². The standard InChI is InChI=1S/C6H10N2O3/c1-3-5(6(10)11)7-2-4(9)8-3/h3,5,7H,2H2,1H3,(H,8,9)(H,10,11). The summed E-state index contributed by atoms with van der Waals surface area (Å²) in [6.07, 6.45) is 0. The predicted octanol–water partition coefficient (Wildman–Crippen LogP) is -1.45. The van der Waals surface area contributed by atoms with Gasteiger partial charge in [-0.1, -0.05) is 0 Å². The molecule has 0 radical (unpaired) electrons. The summed E-state index contributed by atoms with van der Waals surface area (Å²) in [7, 11) is 0.